The molecule has 0 aliphatic rings. The van der Waals surface area contributed by atoms with Gasteiger partial charge in [0.2, 0.25) is 0 Å². The lowest BCUT2D eigenvalue weighted by molar-refractivity contribution is -0.151. The summed E-state index contributed by atoms with van der Waals surface area (Å²) in [6, 6.07) is 0. The first-order chi connectivity index (χ1) is 15.4. The standard InChI is InChI=1S/C23H46NO7P/c1-3-4-5-6-7-8-9-10-11-12-13-14-15-16-18-28-20-23(31-22(2)25)21-30-32(26,27)29-19-17-24/h8-9,23H,3-7,10-21,24H2,1-2H3,(H,26,27)/b9-8-. The highest BCUT2D eigenvalue weighted by atomic mass is 31.2. The average Bonchev–Trinajstić information content (AvgIpc) is 2.75. The molecule has 0 bridgehead atoms. The highest BCUT2D eigenvalue weighted by Crippen LogP contribution is 2.43. The van der Waals surface area contributed by atoms with E-state index >= 15 is 0 Å². The normalized spacial score (nSPS) is 14.5. The van der Waals surface area contributed by atoms with Gasteiger partial charge in [0.1, 0.15) is 6.10 Å². The van der Waals surface area contributed by atoms with Crippen LogP contribution in [-0.4, -0.2) is 49.9 Å². The Labute approximate surface area is 194 Å². The molecule has 0 heterocycles. The number of hydrogen-bond acceptors (Lipinski definition) is 7. The van der Waals surface area contributed by atoms with Crippen LogP contribution in [0.2, 0.25) is 0 Å². The third kappa shape index (κ3) is 22.4. The van der Waals surface area contributed by atoms with Gasteiger partial charge in [0.15, 0.2) is 0 Å². The minimum Gasteiger partial charge on any atom is -0.458 e. The van der Waals surface area contributed by atoms with E-state index in [1.54, 1.807) is 0 Å². The smallest absolute Gasteiger partial charge is 0.458 e. The molecular weight excluding hydrogens is 433 g/mol. The number of hydrogen-bond donors (Lipinski definition) is 2. The Kier molecular flexibility index (Phi) is 21.5. The predicted molar refractivity (Wildman–Crippen MR) is 127 cm³/mol. The van der Waals surface area contributed by atoms with Crippen LogP contribution in [0.15, 0.2) is 12.2 Å². The molecule has 0 aliphatic heterocycles. The number of allylic oxidation sites excluding steroid dienone is 2. The van der Waals surface area contributed by atoms with E-state index in [1.807, 2.05) is 0 Å². The van der Waals surface area contributed by atoms with Crippen molar-refractivity contribution in [3.8, 4) is 0 Å². The molecule has 0 spiro atoms. The van der Waals surface area contributed by atoms with Gasteiger partial charge in [0.05, 0.1) is 19.8 Å². The van der Waals surface area contributed by atoms with Crippen LogP contribution < -0.4 is 5.73 Å². The molecular formula is C23H46NO7P. The molecule has 8 nitrogen and oxygen atoms in total. The van der Waals surface area contributed by atoms with Gasteiger partial charge in [0, 0.05) is 20.1 Å². The zero-order valence-corrected chi connectivity index (χ0v) is 21.1. The molecule has 190 valence electrons. The number of phosphoric acid groups is 1. The van der Waals surface area contributed by atoms with E-state index in [2.05, 4.69) is 23.6 Å². The largest absolute Gasteiger partial charge is 0.472 e. The van der Waals surface area contributed by atoms with Crippen LogP contribution in [0.1, 0.15) is 90.9 Å². The van der Waals surface area contributed by atoms with E-state index in [0.717, 1.165) is 12.8 Å². The highest BCUT2D eigenvalue weighted by molar-refractivity contribution is 7.47. The molecule has 0 rings (SSSR count). The van der Waals surface area contributed by atoms with Crippen molar-refractivity contribution in [2.24, 2.45) is 5.73 Å². The third-order valence-corrected chi connectivity index (χ3v) is 5.72. The van der Waals surface area contributed by atoms with E-state index in [9.17, 15) is 14.3 Å². The minimum atomic E-state index is -4.21. The summed E-state index contributed by atoms with van der Waals surface area (Å²) in [7, 11) is -4.21. The van der Waals surface area contributed by atoms with E-state index in [4.69, 9.17) is 19.7 Å². The van der Waals surface area contributed by atoms with Gasteiger partial charge in [-0.1, -0.05) is 64.0 Å². The Morgan fingerprint density at radius 2 is 1.50 bits per heavy atom. The fourth-order valence-electron chi connectivity index (χ4n) is 3.05. The molecule has 0 saturated carbocycles. The molecule has 0 aromatic carbocycles. The summed E-state index contributed by atoms with van der Waals surface area (Å²) < 4.78 is 31.8. The summed E-state index contributed by atoms with van der Waals surface area (Å²) in [5.74, 6) is -0.510. The Hall–Kier alpha value is -0.760. The summed E-state index contributed by atoms with van der Waals surface area (Å²) in [4.78, 5) is 20.7. The first-order valence-corrected chi connectivity index (χ1v) is 13.6. The second-order valence-electron chi connectivity index (χ2n) is 7.92. The van der Waals surface area contributed by atoms with Gasteiger partial charge in [-0.25, -0.2) is 4.57 Å². The lowest BCUT2D eigenvalue weighted by Crippen LogP contribution is -2.27. The van der Waals surface area contributed by atoms with E-state index in [0.29, 0.717) is 6.61 Å². The molecule has 0 saturated heterocycles. The van der Waals surface area contributed by atoms with Crippen molar-refractivity contribution in [2.75, 3.05) is 33.0 Å². The Bertz CT molecular complexity index is 517. The van der Waals surface area contributed by atoms with Crippen LogP contribution >= 0.6 is 7.82 Å². The number of nitrogens with two attached hydrogens (primary N) is 1. The van der Waals surface area contributed by atoms with Gasteiger partial charge in [-0.15, -0.1) is 0 Å². The zero-order valence-electron chi connectivity index (χ0n) is 20.2. The number of esters is 1. The summed E-state index contributed by atoms with van der Waals surface area (Å²) in [6.07, 6.45) is 18.5. The van der Waals surface area contributed by atoms with Gasteiger partial charge in [-0.05, 0) is 32.1 Å². The van der Waals surface area contributed by atoms with Crippen LogP contribution in [0, 0.1) is 0 Å². The maximum absolute atomic E-state index is 11.7. The molecule has 0 fully saturated rings. The number of rotatable bonds is 23. The lowest BCUT2D eigenvalue weighted by atomic mass is 10.1. The number of phosphoric ester groups is 1. The summed E-state index contributed by atoms with van der Waals surface area (Å²) in [5, 5.41) is 0. The Balaban J connectivity index is 3.69. The van der Waals surface area contributed by atoms with Crippen LogP contribution in [0.4, 0.5) is 0 Å². The maximum Gasteiger partial charge on any atom is 0.472 e. The Morgan fingerprint density at radius 3 is 2.09 bits per heavy atom. The van der Waals surface area contributed by atoms with E-state index in [1.165, 1.54) is 71.1 Å². The lowest BCUT2D eigenvalue weighted by Gasteiger charge is -2.19. The first kappa shape index (κ1) is 31.2. The van der Waals surface area contributed by atoms with E-state index < -0.39 is 19.9 Å². The predicted octanol–water partition coefficient (Wildman–Crippen LogP) is 5.28. The van der Waals surface area contributed by atoms with Crippen LogP contribution in [0.3, 0.4) is 0 Å². The van der Waals surface area contributed by atoms with Crippen molar-refractivity contribution in [1.82, 2.24) is 0 Å². The minimum absolute atomic E-state index is 0.0979. The van der Waals surface area contributed by atoms with Crippen molar-refractivity contribution in [3.63, 3.8) is 0 Å². The molecule has 2 atom stereocenters. The molecule has 0 aromatic heterocycles. The molecule has 3 N–H and O–H groups in total. The van der Waals surface area contributed by atoms with Crippen molar-refractivity contribution >= 4 is 13.8 Å². The number of ether oxygens (including phenoxy) is 2. The third-order valence-electron chi connectivity index (χ3n) is 4.73. The topological polar surface area (TPSA) is 117 Å². The monoisotopic (exact) mass is 479 g/mol. The van der Waals surface area contributed by atoms with E-state index in [-0.39, 0.29) is 26.4 Å². The summed E-state index contributed by atoms with van der Waals surface area (Å²) in [5.41, 5.74) is 5.23. The van der Waals surface area contributed by atoms with Gasteiger partial charge in [-0.2, -0.15) is 0 Å². The number of unbranched alkanes of at least 4 members (excludes halogenated alkanes) is 10. The second kappa shape index (κ2) is 22.1. The van der Waals surface area contributed by atoms with Gasteiger partial charge >= 0.3 is 13.8 Å². The molecule has 0 amide bonds. The first-order valence-electron chi connectivity index (χ1n) is 12.1. The van der Waals surface area contributed by atoms with Crippen LogP contribution in [-0.2, 0) is 27.9 Å². The second-order valence-corrected chi connectivity index (χ2v) is 9.38. The highest BCUT2D eigenvalue weighted by Gasteiger charge is 2.24. The summed E-state index contributed by atoms with van der Waals surface area (Å²) in [6.45, 7) is 3.85. The molecule has 9 heteroatoms. The molecule has 0 radical (unpaired) electrons. The average molecular weight is 480 g/mol. The fourth-order valence-corrected chi connectivity index (χ4v) is 3.81. The fraction of sp³-hybridized carbons (Fsp3) is 0.870. The number of carbonyl (C=O) groups excluding carboxylic acids is 1. The summed E-state index contributed by atoms with van der Waals surface area (Å²) >= 11 is 0. The maximum atomic E-state index is 11.7. The van der Waals surface area contributed by atoms with Crippen LogP contribution in [0.5, 0.6) is 0 Å². The quantitative estimate of drug-likeness (QED) is 0.0879. The number of carbonyl (C=O) groups is 1. The van der Waals surface area contributed by atoms with Gasteiger partial charge < -0.3 is 20.1 Å². The van der Waals surface area contributed by atoms with Crippen LogP contribution in [0.25, 0.3) is 0 Å². The molecule has 32 heavy (non-hydrogen) atoms. The molecule has 2 unspecified atom stereocenters. The van der Waals surface area contributed by atoms with Crippen molar-refractivity contribution in [3.05, 3.63) is 12.2 Å². The molecule has 0 aliphatic carbocycles. The van der Waals surface area contributed by atoms with Gasteiger partial charge in [0.25, 0.3) is 0 Å². The van der Waals surface area contributed by atoms with Crippen molar-refractivity contribution in [2.45, 2.75) is 97.0 Å². The van der Waals surface area contributed by atoms with Crippen molar-refractivity contribution in [1.29, 1.82) is 0 Å². The molecule has 0 aromatic rings. The Morgan fingerprint density at radius 1 is 0.906 bits per heavy atom. The van der Waals surface area contributed by atoms with Crippen molar-refractivity contribution < 1.29 is 32.8 Å². The zero-order chi connectivity index (χ0) is 23.9. The van der Waals surface area contributed by atoms with Gasteiger partial charge in [-0.3, -0.25) is 13.8 Å². The SMILES string of the molecule is CCCCCC/C=C\CCCCCCCCOCC(COP(=O)(O)OCCN)OC(C)=O.